The van der Waals surface area contributed by atoms with Gasteiger partial charge in [0.15, 0.2) is 0 Å². The van der Waals surface area contributed by atoms with Crippen LogP contribution < -0.4 is 5.73 Å². The van der Waals surface area contributed by atoms with Gasteiger partial charge in [-0.2, -0.15) is 0 Å². The zero-order valence-corrected chi connectivity index (χ0v) is 12.5. The second-order valence-corrected chi connectivity index (χ2v) is 6.87. The summed E-state index contributed by atoms with van der Waals surface area (Å²) in [6.45, 7) is 1.53. The van der Waals surface area contributed by atoms with E-state index in [9.17, 15) is 4.79 Å². The Morgan fingerprint density at radius 2 is 2.10 bits per heavy atom. The number of fused-ring (bicyclic) bond motifs is 3. The second kappa shape index (κ2) is 5.13. The number of hydrogen-bond donors (Lipinski definition) is 1. The van der Waals surface area contributed by atoms with E-state index in [-0.39, 0.29) is 12.0 Å². The smallest absolute Gasteiger partial charge is 0.226 e. The van der Waals surface area contributed by atoms with Gasteiger partial charge in [0.2, 0.25) is 5.91 Å². The van der Waals surface area contributed by atoms with Gasteiger partial charge in [0.1, 0.15) is 0 Å². The normalized spacial score (nSPS) is 34.0. The van der Waals surface area contributed by atoms with Crippen molar-refractivity contribution in [3.05, 3.63) is 35.4 Å². The van der Waals surface area contributed by atoms with Crippen molar-refractivity contribution < 1.29 is 4.79 Å². The number of piperidine rings is 1. The molecular weight excluding hydrogens is 260 g/mol. The molecule has 1 aliphatic heterocycles. The first-order chi connectivity index (χ1) is 10.3. The van der Waals surface area contributed by atoms with Crippen LogP contribution in [-0.2, 0) is 11.2 Å². The molecule has 4 unspecified atom stereocenters. The van der Waals surface area contributed by atoms with Crippen LogP contribution in [0.3, 0.4) is 0 Å². The molecule has 1 saturated carbocycles. The molecule has 4 atom stereocenters. The van der Waals surface area contributed by atoms with Crippen LogP contribution >= 0.6 is 0 Å². The molecule has 2 aliphatic carbocycles. The summed E-state index contributed by atoms with van der Waals surface area (Å²) in [7, 11) is 0. The summed E-state index contributed by atoms with van der Waals surface area (Å²) in [5.74, 6) is 1.70. The lowest BCUT2D eigenvalue weighted by Gasteiger charge is -2.35. The van der Waals surface area contributed by atoms with Gasteiger partial charge in [-0.15, -0.1) is 0 Å². The van der Waals surface area contributed by atoms with Crippen molar-refractivity contribution in [2.75, 3.05) is 13.1 Å². The zero-order chi connectivity index (χ0) is 14.4. The van der Waals surface area contributed by atoms with Crippen LogP contribution in [0.2, 0.25) is 0 Å². The number of aryl methyl sites for hydroxylation is 1. The van der Waals surface area contributed by atoms with Crippen LogP contribution in [0.4, 0.5) is 0 Å². The Labute approximate surface area is 126 Å². The highest BCUT2D eigenvalue weighted by Crippen LogP contribution is 2.60. The summed E-state index contributed by atoms with van der Waals surface area (Å²) in [5, 5.41) is 0. The molecule has 112 valence electrons. The first-order valence-electron chi connectivity index (χ1n) is 8.39. The van der Waals surface area contributed by atoms with Gasteiger partial charge in [-0.25, -0.2) is 0 Å². The summed E-state index contributed by atoms with van der Waals surface area (Å²) >= 11 is 0. The minimum atomic E-state index is 0.237. The molecule has 1 heterocycles. The predicted octanol–water partition coefficient (Wildman–Crippen LogP) is 2.30. The molecule has 3 aliphatic rings. The molecule has 1 saturated heterocycles. The van der Waals surface area contributed by atoms with Gasteiger partial charge in [-0.3, -0.25) is 4.79 Å². The number of benzene rings is 1. The Morgan fingerprint density at radius 1 is 1.24 bits per heavy atom. The summed E-state index contributed by atoms with van der Waals surface area (Å²) in [4.78, 5) is 15.1. The molecule has 2 fully saturated rings. The van der Waals surface area contributed by atoms with Crippen molar-refractivity contribution >= 4 is 5.91 Å². The van der Waals surface area contributed by atoms with Gasteiger partial charge >= 0.3 is 0 Å². The molecule has 0 aromatic heterocycles. The lowest BCUT2D eigenvalue weighted by Crippen LogP contribution is -2.48. The highest BCUT2D eigenvalue weighted by atomic mass is 16.2. The van der Waals surface area contributed by atoms with Crippen molar-refractivity contribution in [3.63, 3.8) is 0 Å². The molecule has 0 spiro atoms. The molecule has 1 aromatic carbocycles. The molecule has 0 radical (unpaired) electrons. The van der Waals surface area contributed by atoms with E-state index < -0.39 is 0 Å². The summed E-state index contributed by atoms with van der Waals surface area (Å²) in [6.07, 6.45) is 5.76. The second-order valence-electron chi connectivity index (χ2n) is 6.87. The standard InChI is InChI=1S/C18H24N2O/c19-11-13-6-3-4-10-20(13)18(21)17-15-9-8-12-5-1-2-7-14(12)16(15)17/h1-2,5,7,13,15-17H,3-4,6,8-11,19H2. The van der Waals surface area contributed by atoms with E-state index in [0.717, 1.165) is 25.8 Å². The molecule has 0 bridgehead atoms. The van der Waals surface area contributed by atoms with Crippen LogP contribution in [0.15, 0.2) is 24.3 Å². The van der Waals surface area contributed by atoms with E-state index >= 15 is 0 Å². The Hall–Kier alpha value is -1.35. The first kappa shape index (κ1) is 13.3. The van der Waals surface area contributed by atoms with Gasteiger partial charge < -0.3 is 10.6 Å². The fourth-order valence-electron chi connectivity index (χ4n) is 4.63. The fraction of sp³-hybridized carbons (Fsp3) is 0.611. The third-order valence-corrected chi connectivity index (χ3v) is 5.80. The quantitative estimate of drug-likeness (QED) is 0.906. The fourth-order valence-corrected chi connectivity index (χ4v) is 4.63. The molecule has 3 heteroatoms. The summed E-state index contributed by atoms with van der Waals surface area (Å²) in [5.41, 5.74) is 8.78. The maximum atomic E-state index is 13.0. The minimum Gasteiger partial charge on any atom is -0.338 e. The lowest BCUT2D eigenvalue weighted by atomic mass is 9.92. The molecule has 1 aromatic rings. The minimum absolute atomic E-state index is 0.237. The molecule has 3 nitrogen and oxygen atoms in total. The highest BCUT2D eigenvalue weighted by Gasteiger charge is 2.58. The van der Waals surface area contributed by atoms with E-state index in [2.05, 4.69) is 29.2 Å². The number of hydrogen-bond acceptors (Lipinski definition) is 2. The monoisotopic (exact) mass is 284 g/mol. The topological polar surface area (TPSA) is 46.3 Å². The SMILES string of the molecule is NCC1CCCCN1C(=O)C1C2CCc3ccccc3C21. The maximum absolute atomic E-state index is 13.0. The first-order valence-corrected chi connectivity index (χ1v) is 8.39. The number of carbonyl (C=O) groups excluding carboxylic acids is 1. The van der Waals surface area contributed by atoms with Crippen molar-refractivity contribution in [1.29, 1.82) is 0 Å². The predicted molar refractivity (Wildman–Crippen MR) is 82.9 cm³/mol. The third-order valence-electron chi connectivity index (χ3n) is 5.80. The van der Waals surface area contributed by atoms with Gasteiger partial charge in [0.25, 0.3) is 0 Å². The maximum Gasteiger partial charge on any atom is 0.226 e. The molecule has 4 rings (SSSR count). The van der Waals surface area contributed by atoms with E-state index in [0.29, 0.717) is 24.3 Å². The van der Waals surface area contributed by atoms with Crippen LogP contribution in [0.25, 0.3) is 0 Å². The van der Waals surface area contributed by atoms with Crippen LogP contribution in [0.1, 0.15) is 42.7 Å². The van der Waals surface area contributed by atoms with Gasteiger partial charge in [0, 0.05) is 25.0 Å². The van der Waals surface area contributed by atoms with E-state index in [1.807, 2.05) is 0 Å². The van der Waals surface area contributed by atoms with Gasteiger partial charge in [-0.1, -0.05) is 24.3 Å². The van der Waals surface area contributed by atoms with Crippen molar-refractivity contribution in [3.8, 4) is 0 Å². The number of nitrogens with two attached hydrogens (primary N) is 1. The molecule has 21 heavy (non-hydrogen) atoms. The number of likely N-dealkylation sites (tertiary alicyclic amines) is 1. The molecular formula is C18H24N2O. The van der Waals surface area contributed by atoms with Crippen LogP contribution in [0.5, 0.6) is 0 Å². The Balaban J connectivity index is 1.55. The Kier molecular flexibility index (Phi) is 3.26. The molecule has 1 amide bonds. The van der Waals surface area contributed by atoms with E-state index in [1.54, 1.807) is 0 Å². The Bertz CT molecular complexity index is 556. The summed E-state index contributed by atoms with van der Waals surface area (Å²) in [6, 6.07) is 8.98. The van der Waals surface area contributed by atoms with Gasteiger partial charge in [-0.05, 0) is 55.1 Å². The number of amides is 1. The van der Waals surface area contributed by atoms with Crippen LogP contribution in [0, 0.1) is 11.8 Å². The third kappa shape index (κ3) is 2.10. The average molecular weight is 284 g/mol. The number of nitrogens with zero attached hydrogens (tertiary/aromatic N) is 1. The van der Waals surface area contributed by atoms with Crippen molar-refractivity contribution in [2.24, 2.45) is 17.6 Å². The van der Waals surface area contributed by atoms with Gasteiger partial charge in [0.05, 0.1) is 0 Å². The average Bonchev–Trinajstić information content (AvgIpc) is 3.29. The zero-order valence-electron chi connectivity index (χ0n) is 12.5. The Morgan fingerprint density at radius 3 is 2.95 bits per heavy atom. The van der Waals surface area contributed by atoms with Crippen molar-refractivity contribution in [1.82, 2.24) is 4.90 Å². The highest BCUT2D eigenvalue weighted by molar-refractivity contribution is 5.84. The van der Waals surface area contributed by atoms with E-state index in [1.165, 1.54) is 24.0 Å². The number of rotatable bonds is 2. The summed E-state index contributed by atoms with van der Waals surface area (Å²) < 4.78 is 0. The largest absolute Gasteiger partial charge is 0.338 e. The lowest BCUT2D eigenvalue weighted by molar-refractivity contribution is -0.136. The van der Waals surface area contributed by atoms with Crippen molar-refractivity contribution in [2.45, 2.75) is 44.1 Å². The number of carbonyl (C=O) groups is 1. The van der Waals surface area contributed by atoms with E-state index in [4.69, 9.17) is 5.73 Å². The molecule has 2 N–H and O–H groups in total. The van der Waals surface area contributed by atoms with Crippen LogP contribution in [-0.4, -0.2) is 29.9 Å².